The van der Waals surface area contributed by atoms with E-state index in [1.54, 1.807) is 0 Å². The average Bonchev–Trinajstić information content (AvgIpc) is 2.98. The van der Waals surface area contributed by atoms with Gasteiger partial charge in [-0.05, 0) is 30.5 Å². The Kier molecular flexibility index (Phi) is 2.18. The molecule has 1 aromatic rings. The Morgan fingerprint density at radius 1 is 1.29 bits per heavy atom. The minimum atomic E-state index is -0.701. The molecule has 1 aliphatic carbocycles. The van der Waals surface area contributed by atoms with Crippen molar-refractivity contribution in [3.8, 4) is 0 Å². The highest BCUT2D eigenvalue weighted by atomic mass is 16.4. The Hall–Kier alpha value is -1.84. The lowest BCUT2D eigenvalue weighted by molar-refractivity contribution is -0.140. The first-order valence-electron chi connectivity index (χ1n) is 5.83. The van der Waals surface area contributed by atoms with Gasteiger partial charge in [-0.1, -0.05) is 12.1 Å². The number of rotatable bonds is 3. The Bertz CT molecular complexity index is 475. The van der Waals surface area contributed by atoms with Crippen LogP contribution in [0.5, 0.6) is 0 Å². The fourth-order valence-electron chi connectivity index (χ4n) is 2.30. The first kappa shape index (κ1) is 10.3. The molecule has 1 aliphatic heterocycles. The predicted octanol–water partition coefficient (Wildman–Crippen LogP) is 1.65. The van der Waals surface area contributed by atoms with Gasteiger partial charge in [0.2, 0.25) is 0 Å². The number of hydrogen-bond acceptors (Lipinski definition) is 3. The van der Waals surface area contributed by atoms with Crippen molar-refractivity contribution in [2.75, 3.05) is 18.0 Å². The summed E-state index contributed by atoms with van der Waals surface area (Å²) in [6, 6.07) is 7.83. The summed E-state index contributed by atoms with van der Waals surface area (Å²) < 4.78 is 0. The Labute approximate surface area is 99.6 Å². The Morgan fingerprint density at radius 2 is 2.00 bits per heavy atom. The van der Waals surface area contributed by atoms with Crippen LogP contribution in [0.3, 0.4) is 0 Å². The molecule has 1 saturated carbocycles. The van der Waals surface area contributed by atoms with Gasteiger partial charge < -0.3 is 10.0 Å². The Balaban J connectivity index is 1.85. The summed E-state index contributed by atoms with van der Waals surface area (Å²) in [5.74, 6) is -0.701. The minimum Gasteiger partial charge on any atom is -0.481 e. The van der Waals surface area contributed by atoms with Crippen LogP contribution in [0, 0.1) is 0 Å². The highest BCUT2D eigenvalue weighted by Crippen LogP contribution is 2.48. The lowest BCUT2D eigenvalue weighted by Crippen LogP contribution is -2.20. The van der Waals surface area contributed by atoms with Gasteiger partial charge >= 0.3 is 5.97 Å². The third-order valence-corrected chi connectivity index (χ3v) is 3.60. The molecule has 0 bridgehead atoms. The summed E-state index contributed by atoms with van der Waals surface area (Å²) in [5, 5.41) is 9.21. The summed E-state index contributed by atoms with van der Waals surface area (Å²) >= 11 is 0. The summed E-state index contributed by atoms with van der Waals surface area (Å²) in [6.45, 7) is 1.74. The zero-order valence-corrected chi connectivity index (χ0v) is 9.47. The van der Waals surface area contributed by atoms with Crippen LogP contribution in [0.1, 0.15) is 18.4 Å². The molecule has 1 fully saturated rings. The molecular formula is C13H14N2O2. The summed E-state index contributed by atoms with van der Waals surface area (Å²) in [4.78, 5) is 17.4. The lowest BCUT2D eigenvalue weighted by Gasteiger charge is -2.16. The third-order valence-electron chi connectivity index (χ3n) is 3.60. The second-order valence-electron chi connectivity index (χ2n) is 4.65. The second kappa shape index (κ2) is 3.58. The van der Waals surface area contributed by atoms with Gasteiger partial charge in [0, 0.05) is 12.2 Å². The molecule has 4 heteroatoms. The topological polar surface area (TPSA) is 52.9 Å². The normalized spacial score (nSPS) is 20.6. The van der Waals surface area contributed by atoms with Crippen molar-refractivity contribution < 1.29 is 9.90 Å². The maximum Gasteiger partial charge on any atom is 0.314 e. The number of aliphatic carboxylic acids is 1. The molecule has 2 aliphatic rings. The first-order chi connectivity index (χ1) is 8.22. The van der Waals surface area contributed by atoms with Crippen molar-refractivity contribution in [2.24, 2.45) is 4.99 Å². The molecule has 0 saturated heterocycles. The van der Waals surface area contributed by atoms with Crippen molar-refractivity contribution >= 4 is 18.0 Å². The van der Waals surface area contributed by atoms with Crippen LogP contribution in [-0.2, 0) is 10.2 Å². The van der Waals surface area contributed by atoms with Gasteiger partial charge in [0.05, 0.1) is 18.3 Å². The van der Waals surface area contributed by atoms with Crippen LogP contribution in [-0.4, -0.2) is 30.5 Å². The molecule has 0 atom stereocenters. The predicted molar refractivity (Wildman–Crippen MR) is 65.7 cm³/mol. The molecule has 0 spiro atoms. The van der Waals surface area contributed by atoms with Crippen molar-refractivity contribution in [1.29, 1.82) is 0 Å². The molecule has 1 N–H and O–H groups in total. The molecule has 4 nitrogen and oxygen atoms in total. The van der Waals surface area contributed by atoms with Crippen LogP contribution in [0.15, 0.2) is 29.3 Å². The number of carboxylic acid groups (broad SMARTS) is 1. The van der Waals surface area contributed by atoms with E-state index in [4.69, 9.17) is 0 Å². The zero-order chi connectivity index (χ0) is 11.9. The van der Waals surface area contributed by atoms with E-state index in [2.05, 4.69) is 9.89 Å². The molecule has 0 unspecified atom stereocenters. The number of hydrogen-bond donors (Lipinski definition) is 1. The van der Waals surface area contributed by atoms with Crippen molar-refractivity contribution in [3.63, 3.8) is 0 Å². The van der Waals surface area contributed by atoms with E-state index in [-0.39, 0.29) is 0 Å². The van der Waals surface area contributed by atoms with Crippen LogP contribution in [0.25, 0.3) is 0 Å². The monoisotopic (exact) mass is 230 g/mol. The van der Waals surface area contributed by atoms with Crippen LogP contribution >= 0.6 is 0 Å². The van der Waals surface area contributed by atoms with E-state index in [1.807, 2.05) is 30.6 Å². The van der Waals surface area contributed by atoms with Crippen molar-refractivity contribution in [3.05, 3.63) is 29.8 Å². The van der Waals surface area contributed by atoms with Gasteiger partial charge in [0.15, 0.2) is 0 Å². The number of nitrogens with zero attached hydrogens (tertiary/aromatic N) is 2. The second-order valence-corrected chi connectivity index (χ2v) is 4.65. The Morgan fingerprint density at radius 3 is 2.47 bits per heavy atom. The number of aliphatic imine (C=N–C) groups is 1. The largest absolute Gasteiger partial charge is 0.481 e. The van der Waals surface area contributed by atoms with E-state index < -0.39 is 11.4 Å². The van der Waals surface area contributed by atoms with Gasteiger partial charge in [-0.2, -0.15) is 0 Å². The maximum atomic E-state index is 11.2. The highest BCUT2D eigenvalue weighted by molar-refractivity contribution is 5.86. The van der Waals surface area contributed by atoms with Crippen LogP contribution < -0.4 is 4.90 Å². The third kappa shape index (κ3) is 1.60. The first-order valence-corrected chi connectivity index (χ1v) is 5.83. The molecule has 0 amide bonds. The lowest BCUT2D eigenvalue weighted by atomic mass is 9.96. The summed E-state index contributed by atoms with van der Waals surface area (Å²) in [7, 11) is 0. The summed E-state index contributed by atoms with van der Waals surface area (Å²) in [6.07, 6.45) is 3.35. The van der Waals surface area contributed by atoms with Gasteiger partial charge in [-0.3, -0.25) is 9.79 Å². The zero-order valence-electron chi connectivity index (χ0n) is 9.47. The number of carbonyl (C=O) groups is 1. The quantitative estimate of drug-likeness (QED) is 0.859. The van der Waals surface area contributed by atoms with Crippen LogP contribution in [0.2, 0.25) is 0 Å². The van der Waals surface area contributed by atoms with Gasteiger partial charge in [0.1, 0.15) is 0 Å². The smallest absolute Gasteiger partial charge is 0.314 e. The van der Waals surface area contributed by atoms with Crippen molar-refractivity contribution in [1.82, 2.24) is 0 Å². The molecule has 1 heterocycles. The summed E-state index contributed by atoms with van der Waals surface area (Å²) in [5.41, 5.74) is 1.40. The van der Waals surface area contributed by atoms with Gasteiger partial charge in [-0.15, -0.1) is 0 Å². The average molecular weight is 230 g/mol. The maximum absolute atomic E-state index is 11.2. The molecule has 1 aromatic carbocycles. The van der Waals surface area contributed by atoms with E-state index in [1.165, 1.54) is 0 Å². The fraction of sp³-hybridized carbons (Fsp3) is 0.385. The van der Waals surface area contributed by atoms with Crippen molar-refractivity contribution in [2.45, 2.75) is 18.3 Å². The van der Waals surface area contributed by atoms with E-state index in [0.29, 0.717) is 0 Å². The van der Waals surface area contributed by atoms with E-state index in [9.17, 15) is 9.90 Å². The number of benzene rings is 1. The highest BCUT2D eigenvalue weighted by Gasteiger charge is 2.51. The SMILES string of the molecule is O=C(O)C1(c2ccc(N3C=NCC3)cc2)CC1. The van der Waals surface area contributed by atoms with Gasteiger partial charge in [0.25, 0.3) is 0 Å². The molecule has 88 valence electrons. The number of carboxylic acids is 1. The van der Waals surface area contributed by atoms with E-state index >= 15 is 0 Å². The molecule has 3 rings (SSSR count). The standard InChI is InChI=1S/C13H14N2O2/c16-12(17)13(5-6-13)10-1-3-11(4-2-10)15-8-7-14-9-15/h1-4,9H,5-8H2,(H,16,17). The van der Waals surface area contributed by atoms with Gasteiger partial charge in [-0.25, -0.2) is 0 Å². The number of anilines is 1. The molecule has 0 radical (unpaired) electrons. The van der Waals surface area contributed by atoms with Crippen LogP contribution in [0.4, 0.5) is 5.69 Å². The molecular weight excluding hydrogens is 216 g/mol. The minimum absolute atomic E-state index is 0.600. The van der Waals surface area contributed by atoms with E-state index in [0.717, 1.165) is 37.2 Å². The fourth-order valence-corrected chi connectivity index (χ4v) is 2.30. The molecule has 0 aromatic heterocycles. The molecule has 17 heavy (non-hydrogen) atoms.